The normalized spacial score (nSPS) is 9.14. The van der Waals surface area contributed by atoms with Gasteiger partial charge in [-0.05, 0) is 0 Å². The number of benzene rings is 2. The van der Waals surface area contributed by atoms with Crippen LogP contribution in [-0.4, -0.2) is 15.0 Å². The molecule has 0 aliphatic rings. The van der Waals surface area contributed by atoms with Gasteiger partial charge in [-0.15, -0.1) is 0 Å². The summed E-state index contributed by atoms with van der Waals surface area (Å²) in [5, 5.41) is 2.79. The average Bonchev–Trinajstić information content (AvgIpc) is 2.21. The Hall–Kier alpha value is -1.38. The lowest BCUT2D eigenvalue weighted by molar-refractivity contribution is 0.824. The van der Waals surface area contributed by atoms with Gasteiger partial charge in [0, 0.05) is 0 Å². The van der Waals surface area contributed by atoms with Gasteiger partial charge in [0.2, 0.25) is 0 Å². The van der Waals surface area contributed by atoms with Gasteiger partial charge in [-0.2, -0.15) is 0 Å². The highest BCUT2D eigenvalue weighted by Crippen LogP contribution is 1.84. The second-order valence-electron chi connectivity index (χ2n) is 2.86. The monoisotopic (exact) mass is 200 g/mol. The molecule has 0 aromatic heterocycles. The molecule has 2 N–H and O–H groups in total. The Kier molecular flexibility index (Phi) is 4.10. The first kappa shape index (κ1) is 10.7. The van der Waals surface area contributed by atoms with Gasteiger partial charge in [-0.25, -0.2) is 0 Å². The zero-order valence-electron chi connectivity index (χ0n) is 7.77. The molecule has 0 fully saturated rings. The van der Waals surface area contributed by atoms with E-state index in [0.29, 0.717) is 0 Å². The van der Waals surface area contributed by atoms with Gasteiger partial charge in [-0.1, -0.05) is 71.0 Å². The van der Waals surface area contributed by atoms with Crippen molar-refractivity contribution in [2.24, 2.45) is 0 Å². The van der Waals surface area contributed by atoms with Gasteiger partial charge >= 0.3 is 0 Å². The smallest absolute Gasteiger partial charge is 0.121 e. The SMILES string of the molecule is O.c1ccc([Si]c2ccccc2)cc1. The molecular formula is C12H12OSi. The predicted octanol–water partition coefficient (Wildman–Crippen LogP) is 0.517. The molecule has 0 saturated carbocycles. The third-order valence-corrected chi connectivity index (χ3v) is 3.08. The lowest BCUT2D eigenvalue weighted by Gasteiger charge is -1.98. The molecule has 14 heavy (non-hydrogen) atoms. The molecule has 0 atom stereocenters. The molecule has 2 rings (SSSR count). The first-order valence-electron chi connectivity index (χ1n) is 4.32. The highest BCUT2D eigenvalue weighted by Gasteiger charge is 1.94. The quantitative estimate of drug-likeness (QED) is 0.633. The minimum atomic E-state index is 0. The number of hydrogen-bond acceptors (Lipinski definition) is 0. The number of rotatable bonds is 2. The van der Waals surface area contributed by atoms with Gasteiger partial charge < -0.3 is 5.48 Å². The van der Waals surface area contributed by atoms with E-state index in [2.05, 4.69) is 60.7 Å². The Morgan fingerprint density at radius 3 is 1.29 bits per heavy atom. The summed E-state index contributed by atoms with van der Waals surface area (Å²) < 4.78 is 0. The Balaban J connectivity index is 0.000000980. The third kappa shape index (κ3) is 2.83. The molecule has 2 aromatic carbocycles. The molecule has 0 spiro atoms. The fourth-order valence-electron chi connectivity index (χ4n) is 1.21. The van der Waals surface area contributed by atoms with Crippen molar-refractivity contribution in [3.8, 4) is 0 Å². The molecule has 1 nitrogen and oxygen atoms in total. The summed E-state index contributed by atoms with van der Waals surface area (Å²) >= 11 is 0. The van der Waals surface area contributed by atoms with Crippen molar-refractivity contribution in [3.05, 3.63) is 60.7 Å². The molecule has 2 heteroatoms. The molecule has 0 aliphatic carbocycles. The molecular weight excluding hydrogens is 188 g/mol. The van der Waals surface area contributed by atoms with Gasteiger partial charge in [0.1, 0.15) is 9.52 Å². The molecule has 0 saturated heterocycles. The molecule has 0 heterocycles. The minimum Gasteiger partial charge on any atom is -0.412 e. The van der Waals surface area contributed by atoms with Gasteiger partial charge in [-0.3, -0.25) is 0 Å². The van der Waals surface area contributed by atoms with Crippen LogP contribution in [0, 0.1) is 0 Å². The van der Waals surface area contributed by atoms with E-state index in [9.17, 15) is 0 Å². The molecule has 0 aliphatic heterocycles. The van der Waals surface area contributed by atoms with Crippen LogP contribution in [0.25, 0.3) is 0 Å². The largest absolute Gasteiger partial charge is 0.412 e. The van der Waals surface area contributed by atoms with E-state index >= 15 is 0 Å². The zero-order valence-corrected chi connectivity index (χ0v) is 8.77. The van der Waals surface area contributed by atoms with Crippen molar-refractivity contribution in [1.29, 1.82) is 0 Å². The van der Waals surface area contributed by atoms with Crippen LogP contribution in [0.1, 0.15) is 0 Å². The maximum atomic E-state index is 2.17. The molecule has 70 valence electrons. The van der Waals surface area contributed by atoms with Gasteiger partial charge in [0.15, 0.2) is 0 Å². The van der Waals surface area contributed by atoms with Gasteiger partial charge in [0.05, 0.1) is 0 Å². The standard InChI is InChI=1S/C12H10Si.H2O/c1-3-7-11(8-4-1)13-12-9-5-2-6-10-12;/h1-10H;1H2. The number of hydrogen-bond donors (Lipinski definition) is 0. The van der Waals surface area contributed by atoms with Crippen LogP contribution in [0.4, 0.5) is 0 Å². The lowest BCUT2D eigenvalue weighted by Crippen LogP contribution is -2.26. The average molecular weight is 200 g/mol. The maximum Gasteiger partial charge on any atom is 0.121 e. The summed E-state index contributed by atoms with van der Waals surface area (Å²) in [6.45, 7) is 0. The van der Waals surface area contributed by atoms with E-state index < -0.39 is 0 Å². The summed E-state index contributed by atoms with van der Waals surface area (Å²) in [7, 11) is 0.777. The topological polar surface area (TPSA) is 31.5 Å². The summed E-state index contributed by atoms with van der Waals surface area (Å²) in [6, 6.07) is 21.2. The van der Waals surface area contributed by atoms with E-state index in [1.807, 2.05) is 0 Å². The molecule has 0 unspecified atom stereocenters. The Bertz CT molecular complexity index is 321. The van der Waals surface area contributed by atoms with E-state index in [4.69, 9.17) is 0 Å². The van der Waals surface area contributed by atoms with Crippen LogP contribution in [0.5, 0.6) is 0 Å². The van der Waals surface area contributed by atoms with E-state index in [0.717, 1.165) is 9.52 Å². The second-order valence-corrected chi connectivity index (χ2v) is 4.26. The van der Waals surface area contributed by atoms with Crippen LogP contribution in [-0.2, 0) is 0 Å². The highest BCUT2D eigenvalue weighted by atomic mass is 28.2. The third-order valence-electron chi connectivity index (χ3n) is 1.84. The zero-order chi connectivity index (χ0) is 8.93. The molecule has 0 bridgehead atoms. The van der Waals surface area contributed by atoms with Crippen LogP contribution in [0.15, 0.2) is 60.7 Å². The molecule has 0 amide bonds. The first-order valence-corrected chi connectivity index (χ1v) is 5.32. The van der Waals surface area contributed by atoms with Crippen molar-refractivity contribution in [3.63, 3.8) is 0 Å². The summed E-state index contributed by atoms with van der Waals surface area (Å²) in [6.07, 6.45) is 0. The Morgan fingerprint density at radius 1 is 0.571 bits per heavy atom. The van der Waals surface area contributed by atoms with Crippen molar-refractivity contribution >= 4 is 19.9 Å². The van der Waals surface area contributed by atoms with Crippen LogP contribution < -0.4 is 10.4 Å². The predicted molar refractivity (Wildman–Crippen MR) is 61.5 cm³/mol. The maximum absolute atomic E-state index is 2.17. The van der Waals surface area contributed by atoms with Crippen LogP contribution >= 0.6 is 0 Å². The fourth-order valence-corrected chi connectivity index (χ4v) is 2.26. The molecule has 2 radical (unpaired) electrons. The van der Waals surface area contributed by atoms with Crippen molar-refractivity contribution in [2.45, 2.75) is 0 Å². The second kappa shape index (κ2) is 5.37. The summed E-state index contributed by atoms with van der Waals surface area (Å²) in [4.78, 5) is 0. The van der Waals surface area contributed by atoms with Crippen molar-refractivity contribution in [2.75, 3.05) is 0 Å². The van der Waals surface area contributed by atoms with Crippen molar-refractivity contribution < 1.29 is 5.48 Å². The van der Waals surface area contributed by atoms with Crippen molar-refractivity contribution in [1.82, 2.24) is 0 Å². The van der Waals surface area contributed by atoms with E-state index in [1.54, 1.807) is 0 Å². The highest BCUT2D eigenvalue weighted by molar-refractivity contribution is 6.67. The lowest BCUT2D eigenvalue weighted by atomic mass is 10.4. The summed E-state index contributed by atoms with van der Waals surface area (Å²) in [5.74, 6) is 0. The fraction of sp³-hybridized carbons (Fsp3) is 0. The van der Waals surface area contributed by atoms with Gasteiger partial charge in [0.25, 0.3) is 0 Å². The van der Waals surface area contributed by atoms with Crippen LogP contribution in [0.3, 0.4) is 0 Å². The van der Waals surface area contributed by atoms with Crippen LogP contribution in [0.2, 0.25) is 0 Å². The minimum absolute atomic E-state index is 0. The van der Waals surface area contributed by atoms with E-state index in [1.165, 1.54) is 10.4 Å². The molecule has 2 aromatic rings. The summed E-state index contributed by atoms with van der Waals surface area (Å²) in [5.41, 5.74) is 0. The Labute approximate surface area is 86.5 Å². The van der Waals surface area contributed by atoms with E-state index in [-0.39, 0.29) is 5.48 Å². The Morgan fingerprint density at radius 2 is 0.929 bits per heavy atom. The first-order chi connectivity index (χ1) is 6.45.